The minimum absolute atomic E-state index is 0.427. The molecule has 3 heteroatoms. The van der Waals surface area contributed by atoms with Crippen LogP contribution in [0.5, 0.6) is 0 Å². The molecule has 19 heavy (non-hydrogen) atoms. The van der Waals surface area contributed by atoms with Crippen LogP contribution in [0.15, 0.2) is 24.3 Å². The van der Waals surface area contributed by atoms with E-state index in [-0.39, 0.29) is 0 Å². The van der Waals surface area contributed by atoms with Gasteiger partial charge in [0.05, 0.1) is 6.07 Å². The predicted molar refractivity (Wildman–Crippen MR) is 81.4 cm³/mol. The number of hydrogen-bond acceptors (Lipinski definition) is 3. The number of benzene rings is 1. The Morgan fingerprint density at radius 3 is 2.00 bits per heavy atom. The van der Waals surface area contributed by atoms with Crippen molar-refractivity contribution in [3.63, 3.8) is 0 Å². The quantitative estimate of drug-likeness (QED) is 0.787. The Labute approximate surface area is 117 Å². The molecule has 104 valence electrons. The minimum atomic E-state index is -0.427. The van der Waals surface area contributed by atoms with Crippen molar-refractivity contribution in [2.24, 2.45) is 0 Å². The van der Waals surface area contributed by atoms with Crippen LogP contribution in [0, 0.1) is 11.3 Å². The second-order valence-corrected chi connectivity index (χ2v) is 5.30. The summed E-state index contributed by atoms with van der Waals surface area (Å²) < 4.78 is 0. The highest BCUT2D eigenvalue weighted by Crippen LogP contribution is 2.22. The zero-order valence-electron chi connectivity index (χ0n) is 12.8. The fourth-order valence-electron chi connectivity index (χ4n) is 2.45. The van der Waals surface area contributed by atoms with E-state index in [0.717, 1.165) is 19.5 Å². The maximum absolute atomic E-state index is 9.52. The van der Waals surface area contributed by atoms with Crippen molar-refractivity contribution < 1.29 is 0 Å². The van der Waals surface area contributed by atoms with Crippen molar-refractivity contribution in [2.75, 3.05) is 32.1 Å². The molecule has 0 radical (unpaired) electrons. The van der Waals surface area contributed by atoms with Gasteiger partial charge in [-0.3, -0.25) is 4.90 Å². The number of anilines is 1. The fourth-order valence-corrected chi connectivity index (χ4v) is 2.45. The molecule has 0 N–H and O–H groups in total. The first-order valence-electron chi connectivity index (χ1n) is 6.89. The predicted octanol–water partition coefficient (Wildman–Crippen LogP) is 2.92. The molecule has 0 saturated carbocycles. The van der Waals surface area contributed by atoms with E-state index in [9.17, 15) is 5.26 Å². The van der Waals surface area contributed by atoms with Crippen LogP contribution in [0.2, 0.25) is 0 Å². The van der Waals surface area contributed by atoms with Gasteiger partial charge < -0.3 is 4.90 Å². The van der Waals surface area contributed by atoms with Gasteiger partial charge in [-0.25, -0.2) is 0 Å². The Bertz CT molecular complexity index is 426. The number of likely N-dealkylation sites (N-methyl/N-ethyl adjacent to an activating group) is 1. The lowest BCUT2D eigenvalue weighted by atomic mass is 9.92. The van der Waals surface area contributed by atoms with Gasteiger partial charge in [-0.05, 0) is 37.7 Å². The lowest BCUT2D eigenvalue weighted by Crippen LogP contribution is -2.46. The zero-order valence-corrected chi connectivity index (χ0v) is 12.8. The van der Waals surface area contributed by atoms with E-state index in [1.165, 1.54) is 11.3 Å². The molecule has 1 atom stereocenters. The van der Waals surface area contributed by atoms with Crippen LogP contribution in [-0.2, 0) is 6.42 Å². The Morgan fingerprint density at radius 2 is 1.63 bits per heavy atom. The van der Waals surface area contributed by atoms with E-state index in [0.29, 0.717) is 0 Å². The SMILES string of the molecule is CCN(CC)C(C)(C#N)Cc1ccc(N(C)C)cc1. The summed E-state index contributed by atoms with van der Waals surface area (Å²) in [6, 6.07) is 10.9. The molecular weight excluding hydrogens is 234 g/mol. The van der Waals surface area contributed by atoms with Gasteiger partial charge in [0.25, 0.3) is 0 Å². The molecule has 0 aliphatic heterocycles. The molecule has 0 saturated heterocycles. The first kappa shape index (κ1) is 15.5. The molecule has 0 spiro atoms. The Balaban J connectivity index is 2.90. The summed E-state index contributed by atoms with van der Waals surface area (Å²) in [7, 11) is 4.06. The summed E-state index contributed by atoms with van der Waals surface area (Å²) in [6.45, 7) is 8.04. The van der Waals surface area contributed by atoms with Crippen molar-refractivity contribution in [3.05, 3.63) is 29.8 Å². The van der Waals surface area contributed by atoms with E-state index < -0.39 is 5.54 Å². The van der Waals surface area contributed by atoms with Crippen LogP contribution in [0.1, 0.15) is 26.3 Å². The van der Waals surface area contributed by atoms with Crippen LogP contribution in [0.25, 0.3) is 0 Å². The van der Waals surface area contributed by atoms with Crippen LogP contribution < -0.4 is 4.90 Å². The molecule has 0 amide bonds. The van der Waals surface area contributed by atoms with E-state index in [2.05, 4.69) is 54.0 Å². The molecule has 0 heterocycles. The van der Waals surface area contributed by atoms with Gasteiger partial charge >= 0.3 is 0 Å². The van der Waals surface area contributed by atoms with Gasteiger partial charge in [-0.2, -0.15) is 5.26 Å². The Hall–Kier alpha value is -1.53. The summed E-state index contributed by atoms with van der Waals surface area (Å²) in [5.74, 6) is 0. The molecule has 3 nitrogen and oxygen atoms in total. The molecule has 0 aliphatic rings. The topological polar surface area (TPSA) is 30.3 Å². The largest absolute Gasteiger partial charge is 0.378 e. The average Bonchev–Trinajstić information content (AvgIpc) is 2.40. The smallest absolute Gasteiger partial charge is 0.110 e. The molecule has 1 unspecified atom stereocenters. The molecule has 1 aromatic carbocycles. The van der Waals surface area contributed by atoms with E-state index in [4.69, 9.17) is 0 Å². The summed E-state index contributed by atoms with van der Waals surface area (Å²) in [6.07, 6.45) is 0.763. The summed E-state index contributed by atoms with van der Waals surface area (Å²) in [5.41, 5.74) is 1.97. The third kappa shape index (κ3) is 3.71. The molecule has 0 fully saturated rings. The summed E-state index contributed by atoms with van der Waals surface area (Å²) in [5, 5.41) is 9.52. The zero-order chi connectivity index (χ0) is 14.5. The highest BCUT2D eigenvalue weighted by molar-refractivity contribution is 5.46. The van der Waals surface area contributed by atoms with Gasteiger partial charge in [0.1, 0.15) is 5.54 Å². The molecule has 1 aromatic rings. The van der Waals surface area contributed by atoms with Crippen molar-refractivity contribution >= 4 is 5.69 Å². The maximum atomic E-state index is 9.52. The van der Waals surface area contributed by atoms with Gasteiger partial charge in [0, 0.05) is 26.2 Å². The van der Waals surface area contributed by atoms with Crippen LogP contribution >= 0.6 is 0 Å². The minimum Gasteiger partial charge on any atom is -0.378 e. The third-order valence-electron chi connectivity index (χ3n) is 3.70. The number of nitrogens with zero attached hydrogens (tertiary/aromatic N) is 3. The molecular formula is C16H25N3. The Morgan fingerprint density at radius 1 is 1.11 bits per heavy atom. The first-order chi connectivity index (χ1) is 8.96. The maximum Gasteiger partial charge on any atom is 0.110 e. The monoisotopic (exact) mass is 259 g/mol. The number of hydrogen-bond donors (Lipinski definition) is 0. The van der Waals surface area contributed by atoms with Crippen molar-refractivity contribution in [2.45, 2.75) is 32.7 Å². The van der Waals surface area contributed by atoms with Crippen molar-refractivity contribution in [3.8, 4) is 6.07 Å². The van der Waals surface area contributed by atoms with Gasteiger partial charge in [0.2, 0.25) is 0 Å². The number of rotatable bonds is 6. The van der Waals surface area contributed by atoms with Crippen LogP contribution in [0.3, 0.4) is 0 Å². The van der Waals surface area contributed by atoms with E-state index in [1.54, 1.807) is 0 Å². The first-order valence-corrected chi connectivity index (χ1v) is 6.89. The van der Waals surface area contributed by atoms with Gasteiger partial charge in [0.15, 0.2) is 0 Å². The second kappa shape index (κ2) is 6.58. The Kier molecular flexibility index (Phi) is 5.38. The summed E-state index contributed by atoms with van der Waals surface area (Å²) >= 11 is 0. The number of nitriles is 1. The van der Waals surface area contributed by atoms with Gasteiger partial charge in [-0.1, -0.05) is 26.0 Å². The lowest BCUT2D eigenvalue weighted by molar-refractivity contribution is 0.169. The lowest BCUT2D eigenvalue weighted by Gasteiger charge is -2.34. The summed E-state index contributed by atoms with van der Waals surface area (Å²) in [4.78, 5) is 4.30. The van der Waals surface area contributed by atoms with E-state index >= 15 is 0 Å². The van der Waals surface area contributed by atoms with Gasteiger partial charge in [-0.15, -0.1) is 0 Å². The van der Waals surface area contributed by atoms with Crippen molar-refractivity contribution in [1.29, 1.82) is 5.26 Å². The normalized spacial score (nSPS) is 13.9. The standard InChI is InChI=1S/C16H25N3/c1-6-19(7-2)16(3,13-17)12-14-8-10-15(11-9-14)18(4)5/h8-11H,6-7,12H2,1-5H3. The second-order valence-electron chi connectivity index (χ2n) is 5.30. The molecule has 0 bridgehead atoms. The average molecular weight is 259 g/mol. The van der Waals surface area contributed by atoms with Crippen molar-refractivity contribution in [1.82, 2.24) is 4.90 Å². The highest BCUT2D eigenvalue weighted by atomic mass is 15.2. The van der Waals surface area contributed by atoms with Crippen LogP contribution in [-0.4, -0.2) is 37.6 Å². The molecule has 0 aliphatic carbocycles. The fraction of sp³-hybridized carbons (Fsp3) is 0.562. The molecule has 1 rings (SSSR count). The van der Waals surface area contributed by atoms with E-state index in [1.807, 2.05) is 21.0 Å². The highest BCUT2D eigenvalue weighted by Gasteiger charge is 2.30. The molecule has 0 aromatic heterocycles. The van der Waals surface area contributed by atoms with Crippen LogP contribution in [0.4, 0.5) is 5.69 Å². The third-order valence-corrected chi connectivity index (χ3v) is 3.70.